The minimum absolute atomic E-state index is 0.595. The molecule has 1 atom stereocenters. The van der Waals surface area contributed by atoms with Gasteiger partial charge in [-0.05, 0) is 56.8 Å². The molecule has 4 rings (SSSR count). The van der Waals surface area contributed by atoms with Gasteiger partial charge >= 0.3 is 0 Å². The first-order valence-electron chi connectivity index (χ1n) is 9.57. The number of hydrogen-bond acceptors (Lipinski definition) is 5. The predicted molar refractivity (Wildman–Crippen MR) is 108 cm³/mol. The highest BCUT2D eigenvalue weighted by atomic mass is 16.4. The lowest BCUT2D eigenvalue weighted by Gasteiger charge is -2.21. The van der Waals surface area contributed by atoms with Gasteiger partial charge in [-0.1, -0.05) is 30.3 Å². The highest BCUT2D eigenvalue weighted by Gasteiger charge is 2.24. The SMILES string of the molecule is CN(C)C1CCN(c2ccc(-c3nnc(CCc4ccccc4)o3)cc2)C1. The van der Waals surface area contributed by atoms with Gasteiger partial charge in [0.05, 0.1) is 0 Å². The molecule has 0 saturated carbocycles. The lowest BCUT2D eigenvalue weighted by Crippen LogP contribution is -2.31. The topological polar surface area (TPSA) is 45.4 Å². The van der Waals surface area contributed by atoms with Crippen LogP contribution in [0.4, 0.5) is 5.69 Å². The normalized spacial score (nSPS) is 17.0. The van der Waals surface area contributed by atoms with Gasteiger partial charge < -0.3 is 14.2 Å². The van der Waals surface area contributed by atoms with E-state index in [4.69, 9.17) is 4.42 Å². The van der Waals surface area contributed by atoms with Gasteiger partial charge in [-0.3, -0.25) is 0 Å². The molecule has 140 valence electrons. The molecular weight excluding hydrogens is 336 g/mol. The molecule has 1 aliphatic heterocycles. The summed E-state index contributed by atoms with van der Waals surface area (Å²) in [4.78, 5) is 4.75. The fourth-order valence-electron chi connectivity index (χ4n) is 3.58. The summed E-state index contributed by atoms with van der Waals surface area (Å²) in [5.41, 5.74) is 3.51. The molecule has 0 radical (unpaired) electrons. The number of rotatable bonds is 6. The maximum absolute atomic E-state index is 5.86. The number of nitrogens with zero attached hydrogens (tertiary/aromatic N) is 4. The van der Waals surface area contributed by atoms with Gasteiger partial charge in [-0.2, -0.15) is 0 Å². The van der Waals surface area contributed by atoms with Crippen LogP contribution in [-0.4, -0.2) is 48.3 Å². The first-order valence-corrected chi connectivity index (χ1v) is 9.57. The van der Waals surface area contributed by atoms with Gasteiger partial charge in [-0.15, -0.1) is 10.2 Å². The molecule has 3 aromatic rings. The van der Waals surface area contributed by atoms with Crippen LogP contribution in [-0.2, 0) is 12.8 Å². The molecule has 0 bridgehead atoms. The summed E-state index contributed by atoms with van der Waals surface area (Å²) < 4.78 is 5.86. The molecule has 2 heterocycles. The average Bonchev–Trinajstić information content (AvgIpc) is 3.37. The number of hydrogen-bond donors (Lipinski definition) is 0. The fraction of sp³-hybridized carbons (Fsp3) is 0.364. The Hall–Kier alpha value is -2.66. The van der Waals surface area contributed by atoms with Crippen LogP contribution >= 0.6 is 0 Å². The van der Waals surface area contributed by atoms with E-state index in [0.29, 0.717) is 17.8 Å². The number of aromatic nitrogens is 2. The lowest BCUT2D eigenvalue weighted by molar-refractivity contribution is 0.315. The minimum atomic E-state index is 0.595. The molecule has 1 aromatic heterocycles. The second-order valence-corrected chi connectivity index (χ2v) is 7.39. The Balaban J connectivity index is 1.39. The van der Waals surface area contributed by atoms with Crippen molar-refractivity contribution >= 4 is 5.69 Å². The van der Waals surface area contributed by atoms with Crippen molar-refractivity contribution in [1.29, 1.82) is 0 Å². The minimum Gasteiger partial charge on any atom is -0.421 e. The van der Waals surface area contributed by atoms with E-state index in [0.717, 1.165) is 31.5 Å². The lowest BCUT2D eigenvalue weighted by atomic mass is 10.1. The van der Waals surface area contributed by atoms with E-state index in [1.807, 2.05) is 6.07 Å². The molecule has 1 unspecified atom stereocenters. The van der Waals surface area contributed by atoms with Crippen LogP contribution in [0.25, 0.3) is 11.5 Å². The van der Waals surface area contributed by atoms with Gasteiger partial charge in [0.2, 0.25) is 11.8 Å². The Kier molecular flexibility index (Phi) is 5.21. The van der Waals surface area contributed by atoms with Crippen LogP contribution in [0.5, 0.6) is 0 Å². The van der Waals surface area contributed by atoms with E-state index in [-0.39, 0.29) is 0 Å². The highest BCUT2D eigenvalue weighted by Crippen LogP contribution is 2.26. The zero-order chi connectivity index (χ0) is 18.6. The molecule has 0 spiro atoms. The van der Waals surface area contributed by atoms with E-state index in [2.05, 4.69) is 82.6 Å². The first-order chi connectivity index (χ1) is 13.2. The van der Waals surface area contributed by atoms with Crippen LogP contribution in [0.1, 0.15) is 17.9 Å². The number of aryl methyl sites for hydroxylation is 2. The Labute approximate surface area is 160 Å². The molecular formula is C22H26N4O. The molecule has 0 amide bonds. The molecule has 1 fully saturated rings. The molecule has 1 saturated heterocycles. The largest absolute Gasteiger partial charge is 0.421 e. The van der Waals surface area contributed by atoms with E-state index < -0.39 is 0 Å². The summed E-state index contributed by atoms with van der Waals surface area (Å²) in [5.74, 6) is 1.28. The molecule has 5 heteroatoms. The molecule has 0 N–H and O–H groups in total. The van der Waals surface area contributed by atoms with Gasteiger partial charge in [-0.25, -0.2) is 0 Å². The summed E-state index contributed by atoms with van der Waals surface area (Å²) in [7, 11) is 4.31. The third-order valence-electron chi connectivity index (χ3n) is 5.31. The van der Waals surface area contributed by atoms with Crippen molar-refractivity contribution in [2.45, 2.75) is 25.3 Å². The van der Waals surface area contributed by atoms with Gasteiger partial charge in [0.1, 0.15) is 0 Å². The van der Waals surface area contributed by atoms with E-state index in [1.165, 1.54) is 17.7 Å². The van der Waals surface area contributed by atoms with Crippen LogP contribution in [0, 0.1) is 0 Å². The van der Waals surface area contributed by atoms with Crippen molar-refractivity contribution < 1.29 is 4.42 Å². The van der Waals surface area contributed by atoms with E-state index in [1.54, 1.807) is 0 Å². The van der Waals surface area contributed by atoms with E-state index in [9.17, 15) is 0 Å². The smallest absolute Gasteiger partial charge is 0.247 e. The third-order valence-corrected chi connectivity index (χ3v) is 5.31. The maximum atomic E-state index is 5.86. The summed E-state index contributed by atoms with van der Waals surface area (Å²) in [6, 6.07) is 19.5. The molecule has 1 aliphatic rings. The second kappa shape index (κ2) is 7.92. The molecule has 27 heavy (non-hydrogen) atoms. The molecule has 0 aliphatic carbocycles. The number of benzene rings is 2. The third kappa shape index (κ3) is 4.19. The molecule has 5 nitrogen and oxygen atoms in total. The van der Waals surface area contributed by atoms with Crippen molar-refractivity contribution in [2.75, 3.05) is 32.1 Å². The maximum Gasteiger partial charge on any atom is 0.247 e. The van der Waals surface area contributed by atoms with Crippen molar-refractivity contribution in [2.24, 2.45) is 0 Å². The Morgan fingerprint density at radius 1 is 1.00 bits per heavy atom. The summed E-state index contributed by atoms with van der Waals surface area (Å²) in [5, 5.41) is 8.43. The quantitative estimate of drug-likeness (QED) is 0.670. The van der Waals surface area contributed by atoms with Crippen LogP contribution < -0.4 is 4.90 Å². The first kappa shape index (κ1) is 17.7. The zero-order valence-electron chi connectivity index (χ0n) is 16.0. The van der Waals surface area contributed by atoms with E-state index >= 15 is 0 Å². The predicted octanol–water partition coefficient (Wildman–Crippen LogP) is 3.66. The van der Waals surface area contributed by atoms with Gasteiger partial charge in [0.25, 0.3) is 0 Å². The number of likely N-dealkylation sites (N-methyl/N-ethyl adjacent to an activating group) is 1. The Morgan fingerprint density at radius 3 is 2.48 bits per heavy atom. The van der Waals surface area contributed by atoms with Crippen molar-refractivity contribution in [1.82, 2.24) is 15.1 Å². The Morgan fingerprint density at radius 2 is 1.78 bits per heavy atom. The van der Waals surface area contributed by atoms with Crippen LogP contribution in [0.3, 0.4) is 0 Å². The molecule has 2 aromatic carbocycles. The standard InChI is InChI=1S/C22H26N4O/c1-25(2)20-14-15-26(16-20)19-11-9-18(10-12-19)22-24-23-21(27-22)13-8-17-6-4-3-5-7-17/h3-7,9-12,20H,8,13-16H2,1-2H3. The monoisotopic (exact) mass is 362 g/mol. The zero-order valence-corrected chi connectivity index (χ0v) is 16.0. The van der Waals surface area contributed by atoms with Crippen molar-refractivity contribution in [3.8, 4) is 11.5 Å². The average molecular weight is 362 g/mol. The Bertz CT molecular complexity index is 858. The van der Waals surface area contributed by atoms with Gasteiger partial charge in [0.15, 0.2) is 0 Å². The summed E-state index contributed by atoms with van der Waals surface area (Å²) in [6.45, 7) is 2.18. The van der Waals surface area contributed by atoms with Crippen LogP contribution in [0.2, 0.25) is 0 Å². The number of anilines is 1. The van der Waals surface area contributed by atoms with Crippen LogP contribution in [0.15, 0.2) is 59.0 Å². The van der Waals surface area contributed by atoms with Crippen molar-refractivity contribution in [3.05, 3.63) is 66.1 Å². The van der Waals surface area contributed by atoms with Gasteiger partial charge in [0, 0.05) is 36.8 Å². The summed E-state index contributed by atoms with van der Waals surface area (Å²) >= 11 is 0. The fourth-order valence-corrected chi connectivity index (χ4v) is 3.58. The second-order valence-electron chi connectivity index (χ2n) is 7.39. The summed E-state index contributed by atoms with van der Waals surface area (Å²) in [6.07, 6.45) is 2.88. The highest BCUT2D eigenvalue weighted by molar-refractivity contribution is 5.59. The van der Waals surface area contributed by atoms with Crippen molar-refractivity contribution in [3.63, 3.8) is 0 Å².